The number of fused-ring (bicyclic) bond motifs is 1. The fourth-order valence-corrected chi connectivity index (χ4v) is 4.04. The number of nitrogens with one attached hydrogen (secondary N) is 4. The zero-order chi connectivity index (χ0) is 27.9. The number of hydrogen-bond donors (Lipinski definition) is 6. The van der Waals surface area contributed by atoms with Crippen molar-refractivity contribution in [2.75, 3.05) is 0 Å². The molecule has 0 radical (unpaired) electrons. The van der Waals surface area contributed by atoms with E-state index in [9.17, 15) is 24.3 Å². The van der Waals surface area contributed by atoms with Gasteiger partial charge in [-0.3, -0.25) is 14.4 Å². The predicted molar refractivity (Wildman–Crippen MR) is 143 cm³/mol. The number of carboxylic acid groups (broad SMARTS) is 1. The van der Waals surface area contributed by atoms with Gasteiger partial charge in [-0.05, 0) is 35.8 Å². The molecule has 1 aromatic carbocycles. The van der Waals surface area contributed by atoms with Gasteiger partial charge in [-0.15, -0.1) is 0 Å². The number of carboxylic acids is 1. The van der Waals surface area contributed by atoms with Crippen LogP contribution in [0.4, 0.5) is 0 Å². The fourth-order valence-electron chi connectivity index (χ4n) is 4.04. The molecular weight excluding hydrogens is 474 g/mol. The maximum absolute atomic E-state index is 13.4. The van der Waals surface area contributed by atoms with Gasteiger partial charge in [-0.25, -0.2) is 4.79 Å². The van der Waals surface area contributed by atoms with Crippen LogP contribution in [0.2, 0.25) is 0 Å². The van der Waals surface area contributed by atoms with Crippen LogP contribution in [-0.2, 0) is 25.6 Å². The summed E-state index contributed by atoms with van der Waals surface area (Å²) in [7, 11) is 0. The van der Waals surface area contributed by atoms with E-state index in [1.807, 2.05) is 52.0 Å². The maximum atomic E-state index is 13.4. The molecule has 0 aliphatic rings. The molecule has 1 aromatic heterocycles. The minimum absolute atomic E-state index is 0.0737. The molecule has 7 N–H and O–H groups in total. The lowest BCUT2D eigenvalue weighted by atomic mass is 9.98. The van der Waals surface area contributed by atoms with E-state index >= 15 is 0 Å². The molecule has 2 aromatic rings. The number of rotatable bonds is 13. The largest absolute Gasteiger partial charge is 0.480 e. The van der Waals surface area contributed by atoms with Gasteiger partial charge < -0.3 is 31.8 Å². The molecule has 10 nitrogen and oxygen atoms in total. The number of hydrogen-bond acceptors (Lipinski definition) is 5. The molecule has 0 spiro atoms. The highest BCUT2D eigenvalue weighted by molar-refractivity contribution is 5.95. The number of carbonyl (C=O) groups is 4. The van der Waals surface area contributed by atoms with E-state index in [0.29, 0.717) is 6.42 Å². The predicted octanol–water partition coefficient (Wildman–Crippen LogP) is 1.93. The lowest BCUT2D eigenvalue weighted by Gasteiger charge is -2.27. The summed E-state index contributed by atoms with van der Waals surface area (Å²) >= 11 is 0. The Bertz CT molecular complexity index is 1090. The average Bonchev–Trinajstić information content (AvgIpc) is 3.22. The number of benzene rings is 1. The Morgan fingerprint density at radius 1 is 0.865 bits per heavy atom. The van der Waals surface area contributed by atoms with Gasteiger partial charge in [0.1, 0.15) is 18.1 Å². The topological polar surface area (TPSA) is 166 Å². The van der Waals surface area contributed by atoms with Gasteiger partial charge in [-0.1, -0.05) is 59.7 Å². The number of carbonyl (C=O) groups excluding carboxylic acids is 3. The first-order chi connectivity index (χ1) is 17.3. The summed E-state index contributed by atoms with van der Waals surface area (Å²) in [5, 5.41) is 18.5. The van der Waals surface area contributed by atoms with Gasteiger partial charge in [-0.2, -0.15) is 0 Å². The van der Waals surface area contributed by atoms with Crippen LogP contribution in [0.1, 0.15) is 53.5 Å². The zero-order valence-electron chi connectivity index (χ0n) is 22.5. The number of nitrogens with two attached hydrogens (primary N) is 1. The molecule has 0 aliphatic heterocycles. The molecule has 2 rings (SSSR count). The molecule has 0 fully saturated rings. The summed E-state index contributed by atoms with van der Waals surface area (Å²) in [5.41, 5.74) is 7.64. The normalized spacial score (nSPS) is 14.9. The smallest absolute Gasteiger partial charge is 0.326 e. The number of amides is 3. The van der Waals surface area contributed by atoms with Crippen molar-refractivity contribution >= 4 is 34.6 Å². The number of H-pyrrole nitrogens is 1. The lowest BCUT2D eigenvalue weighted by molar-refractivity contribution is -0.143. The number of aromatic amines is 1. The highest BCUT2D eigenvalue weighted by atomic mass is 16.4. The van der Waals surface area contributed by atoms with Crippen LogP contribution in [0, 0.1) is 17.8 Å². The van der Waals surface area contributed by atoms with Crippen LogP contribution in [0.15, 0.2) is 30.5 Å². The molecular formula is C27H41N5O5. The second-order valence-electron chi connectivity index (χ2n) is 10.7. The molecule has 10 heteroatoms. The fraction of sp³-hybridized carbons (Fsp3) is 0.556. The minimum atomic E-state index is -1.16. The summed E-state index contributed by atoms with van der Waals surface area (Å²) in [4.78, 5) is 54.2. The molecule has 1 heterocycles. The highest BCUT2D eigenvalue weighted by Gasteiger charge is 2.32. The Kier molecular flexibility index (Phi) is 10.7. The minimum Gasteiger partial charge on any atom is -0.480 e. The van der Waals surface area contributed by atoms with Gasteiger partial charge in [0.05, 0.1) is 6.04 Å². The number of aromatic nitrogens is 1. The molecule has 4 unspecified atom stereocenters. The Morgan fingerprint density at radius 2 is 1.46 bits per heavy atom. The van der Waals surface area contributed by atoms with Gasteiger partial charge in [0, 0.05) is 23.5 Å². The first-order valence-corrected chi connectivity index (χ1v) is 12.8. The van der Waals surface area contributed by atoms with Crippen LogP contribution in [-0.4, -0.2) is 57.9 Å². The zero-order valence-corrected chi connectivity index (χ0v) is 22.5. The molecule has 204 valence electrons. The van der Waals surface area contributed by atoms with Crippen molar-refractivity contribution in [1.82, 2.24) is 20.9 Å². The second-order valence-corrected chi connectivity index (χ2v) is 10.7. The molecule has 0 aliphatic carbocycles. The van der Waals surface area contributed by atoms with E-state index in [4.69, 9.17) is 5.73 Å². The lowest BCUT2D eigenvalue weighted by Crippen LogP contribution is -2.58. The van der Waals surface area contributed by atoms with Crippen molar-refractivity contribution in [2.45, 2.75) is 78.6 Å². The first kappa shape index (κ1) is 29.8. The van der Waals surface area contributed by atoms with Gasteiger partial charge in [0.2, 0.25) is 17.7 Å². The van der Waals surface area contributed by atoms with E-state index in [2.05, 4.69) is 20.9 Å². The molecule has 0 saturated carbocycles. The standard InChI is InChI=1S/C27H41N5O5/c1-14(2)11-20(31-26(35)22(28)15(3)4)24(33)30-21(25(34)32-23(16(5)6)27(36)37)12-17-13-29-19-10-8-7-9-18(17)19/h7-10,13-16,20-23,29H,11-12,28H2,1-6H3,(H,30,33)(H,31,35)(H,32,34)(H,36,37). The van der Waals surface area contributed by atoms with Crippen molar-refractivity contribution in [3.63, 3.8) is 0 Å². The van der Waals surface area contributed by atoms with Gasteiger partial charge in [0.15, 0.2) is 0 Å². The van der Waals surface area contributed by atoms with Crippen LogP contribution in [0.5, 0.6) is 0 Å². The van der Waals surface area contributed by atoms with E-state index in [0.717, 1.165) is 16.5 Å². The Balaban J connectivity index is 2.34. The van der Waals surface area contributed by atoms with Crippen LogP contribution >= 0.6 is 0 Å². The summed E-state index contributed by atoms with van der Waals surface area (Å²) in [6.07, 6.45) is 2.23. The van der Waals surface area contributed by atoms with E-state index in [-0.39, 0.29) is 24.2 Å². The van der Waals surface area contributed by atoms with Crippen molar-refractivity contribution in [1.29, 1.82) is 0 Å². The third-order valence-corrected chi connectivity index (χ3v) is 6.32. The number of aliphatic carboxylic acids is 1. The average molecular weight is 516 g/mol. The summed E-state index contributed by atoms with van der Waals surface area (Å²) < 4.78 is 0. The monoisotopic (exact) mass is 515 g/mol. The SMILES string of the molecule is CC(C)CC(NC(=O)C(N)C(C)C)C(=O)NC(Cc1c[nH]c2ccccc12)C(=O)NC(C(=O)O)C(C)C. The summed E-state index contributed by atoms with van der Waals surface area (Å²) in [6.45, 7) is 10.9. The summed E-state index contributed by atoms with van der Waals surface area (Å²) in [6, 6.07) is 3.68. The molecule has 4 atom stereocenters. The van der Waals surface area contributed by atoms with Crippen molar-refractivity contribution in [3.05, 3.63) is 36.0 Å². The number of para-hydroxylation sites is 1. The van der Waals surface area contributed by atoms with E-state index < -0.39 is 47.9 Å². The Labute approximate surface area is 218 Å². The molecule has 0 bridgehead atoms. The third kappa shape index (κ3) is 8.31. The van der Waals surface area contributed by atoms with Crippen LogP contribution < -0.4 is 21.7 Å². The maximum Gasteiger partial charge on any atom is 0.326 e. The summed E-state index contributed by atoms with van der Waals surface area (Å²) in [5.74, 6) is -3.16. The quantitative estimate of drug-likeness (QED) is 0.238. The van der Waals surface area contributed by atoms with Crippen molar-refractivity contribution < 1.29 is 24.3 Å². The van der Waals surface area contributed by atoms with Crippen LogP contribution in [0.25, 0.3) is 10.9 Å². The molecule has 37 heavy (non-hydrogen) atoms. The van der Waals surface area contributed by atoms with Crippen molar-refractivity contribution in [2.24, 2.45) is 23.5 Å². The van der Waals surface area contributed by atoms with E-state index in [1.54, 1.807) is 20.0 Å². The first-order valence-electron chi connectivity index (χ1n) is 12.8. The van der Waals surface area contributed by atoms with Gasteiger partial charge >= 0.3 is 5.97 Å². The Hall–Kier alpha value is -3.40. The van der Waals surface area contributed by atoms with Crippen LogP contribution in [0.3, 0.4) is 0 Å². The molecule has 0 saturated heterocycles. The third-order valence-electron chi connectivity index (χ3n) is 6.32. The van der Waals surface area contributed by atoms with Crippen molar-refractivity contribution in [3.8, 4) is 0 Å². The second kappa shape index (κ2) is 13.2. The Morgan fingerprint density at radius 3 is 2.03 bits per heavy atom. The highest BCUT2D eigenvalue weighted by Crippen LogP contribution is 2.20. The molecule has 3 amide bonds. The van der Waals surface area contributed by atoms with Gasteiger partial charge in [0.25, 0.3) is 0 Å². The van der Waals surface area contributed by atoms with E-state index in [1.165, 1.54) is 0 Å².